The van der Waals surface area contributed by atoms with Crippen LogP contribution >= 0.6 is 0 Å². The largest absolute Gasteiger partial charge is 0.333 e. The third-order valence-corrected chi connectivity index (χ3v) is 4.76. The Kier molecular flexibility index (Phi) is 4.50. The molecule has 0 bridgehead atoms. The van der Waals surface area contributed by atoms with Crippen LogP contribution in [0.25, 0.3) is 11.4 Å². The fraction of sp³-hybridized carbons (Fsp3) is 0.250. The zero-order valence-electron chi connectivity index (χ0n) is 14.5. The number of nitrogens with zero attached hydrogens (tertiary/aromatic N) is 4. The van der Waals surface area contributed by atoms with E-state index >= 15 is 0 Å². The quantitative estimate of drug-likeness (QED) is 0.786. The molecule has 6 nitrogen and oxygen atoms in total. The number of hydrogen-bond donors (Lipinski definition) is 1. The van der Waals surface area contributed by atoms with E-state index in [0.717, 1.165) is 22.8 Å². The molecule has 2 aromatic carbocycles. The van der Waals surface area contributed by atoms with Gasteiger partial charge in [-0.25, -0.2) is 0 Å². The molecule has 4 rings (SSSR count). The molecular weight excluding hydrogens is 326 g/mol. The van der Waals surface area contributed by atoms with Gasteiger partial charge in [0.15, 0.2) is 11.6 Å². The van der Waals surface area contributed by atoms with Gasteiger partial charge in [-0.05, 0) is 5.56 Å². The van der Waals surface area contributed by atoms with Crippen molar-refractivity contribution >= 4 is 5.91 Å². The smallest absolute Gasteiger partial charge is 0.224 e. The van der Waals surface area contributed by atoms with Crippen LogP contribution in [0.3, 0.4) is 0 Å². The second kappa shape index (κ2) is 7.09. The molecule has 0 fully saturated rings. The van der Waals surface area contributed by atoms with Crippen LogP contribution in [0.5, 0.6) is 0 Å². The van der Waals surface area contributed by atoms with E-state index in [-0.39, 0.29) is 11.9 Å². The van der Waals surface area contributed by atoms with E-state index in [9.17, 15) is 4.79 Å². The lowest BCUT2D eigenvalue weighted by Gasteiger charge is -2.29. The number of nitrogens with two attached hydrogens (primary N) is 1. The van der Waals surface area contributed by atoms with E-state index in [2.05, 4.69) is 14.8 Å². The maximum atomic E-state index is 12.7. The molecule has 26 heavy (non-hydrogen) atoms. The van der Waals surface area contributed by atoms with Crippen molar-refractivity contribution in [1.82, 2.24) is 19.7 Å². The average molecular weight is 347 g/mol. The van der Waals surface area contributed by atoms with Gasteiger partial charge in [0.2, 0.25) is 5.91 Å². The summed E-state index contributed by atoms with van der Waals surface area (Å²) in [5.41, 5.74) is 8.21. The molecule has 3 aromatic rings. The zero-order chi connectivity index (χ0) is 17.9. The summed E-state index contributed by atoms with van der Waals surface area (Å²) in [5.74, 6) is 1.72. The summed E-state index contributed by atoms with van der Waals surface area (Å²) in [4.78, 5) is 14.5. The van der Waals surface area contributed by atoms with Crippen LogP contribution < -0.4 is 5.73 Å². The first kappa shape index (κ1) is 16.5. The summed E-state index contributed by atoms with van der Waals surface area (Å²) in [5, 5.41) is 8.61. The van der Waals surface area contributed by atoms with Crippen LogP contribution in [0, 0.1) is 0 Å². The Hall–Kier alpha value is -2.99. The predicted molar refractivity (Wildman–Crippen MR) is 98.9 cm³/mol. The molecule has 6 heteroatoms. The van der Waals surface area contributed by atoms with E-state index in [4.69, 9.17) is 5.73 Å². The third kappa shape index (κ3) is 3.23. The monoisotopic (exact) mass is 347 g/mol. The molecule has 1 amide bonds. The summed E-state index contributed by atoms with van der Waals surface area (Å²) in [7, 11) is 0. The fourth-order valence-corrected chi connectivity index (χ4v) is 3.31. The number of fused-ring (bicyclic) bond motifs is 1. The molecule has 2 heterocycles. The lowest BCUT2D eigenvalue weighted by molar-refractivity contribution is -0.133. The second-order valence-corrected chi connectivity index (χ2v) is 6.49. The molecule has 1 aliphatic rings. The van der Waals surface area contributed by atoms with Crippen molar-refractivity contribution in [1.29, 1.82) is 0 Å². The summed E-state index contributed by atoms with van der Waals surface area (Å²) < 4.78 is 2.09. The van der Waals surface area contributed by atoms with Crippen LogP contribution in [-0.4, -0.2) is 32.1 Å². The number of benzene rings is 2. The van der Waals surface area contributed by atoms with Crippen LogP contribution in [0.1, 0.15) is 23.9 Å². The molecule has 1 unspecified atom stereocenters. The first-order chi connectivity index (χ1) is 12.7. The predicted octanol–water partition coefficient (Wildman–Crippen LogP) is 2.38. The molecule has 2 N–H and O–H groups in total. The second-order valence-electron chi connectivity index (χ2n) is 6.49. The Labute approximate surface area is 152 Å². The molecule has 0 spiro atoms. The molecule has 1 aromatic heterocycles. The van der Waals surface area contributed by atoms with E-state index in [1.807, 2.05) is 65.6 Å². The SMILES string of the molecule is NC(CC(=O)N1CCn2c(nnc2-c2ccccc2)C1)c1ccccc1. The first-order valence-electron chi connectivity index (χ1n) is 8.78. The highest BCUT2D eigenvalue weighted by molar-refractivity contribution is 5.77. The van der Waals surface area contributed by atoms with Crippen LogP contribution in [0.2, 0.25) is 0 Å². The van der Waals surface area contributed by atoms with Crippen molar-refractivity contribution < 1.29 is 4.79 Å². The minimum atomic E-state index is -0.289. The van der Waals surface area contributed by atoms with Crippen molar-refractivity contribution in [2.24, 2.45) is 5.73 Å². The van der Waals surface area contributed by atoms with E-state index in [1.54, 1.807) is 0 Å². The van der Waals surface area contributed by atoms with Crippen LogP contribution in [-0.2, 0) is 17.9 Å². The molecule has 0 radical (unpaired) electrons. The maximum Gasteiger partial charge on any atom is 0.224 e. The Balaban J connectivity index is 1.46. The number of carbonyl (C=O) groups excluding carboxylic acids is 1. The number of aromatic nitrogens is 3. The Morgan fingerprint density at radius 3 is 2.42 bits per heavy atom. The van der Waals surface area contributed by atoms with Crippen molar-refractivity contribution in [2.75, 3.05) is 6.54 Å². The Morgan fingerprint density at radius 1 is 1.00 bits per heavy atom. The minimum absolute atomic E-state index is 0.0527. The van der Waals surface area contributed by atoms with Gasteiger partial charge in [-0.15, -0.1) is 10.2 Å². The molecule has 1 atom stereocenters. The summed E-state index contributed by atoms with van der Waals surface area (Å²) in [6.45, 7) is 1.81. The summed E-state index contributed by atoms with van der Waals surface area (Å²) >= 11 is 0. The zero-order valence-corrected chi connectivity index (χ0v) is 14.5. The Bertz CT molecular complexity index is 891. The van der Waals surface area contributed by atoms with Gasteiger partial charge in [0.05, 0.1) is 6.54 Å². The molecule has 132 valence electrons. The number of hydrogen-bond acceptors (Lipinski definition) is 4. The highest BCUT2D eigenvalue weighted by Crippen LogP contribution is 2.23. The Morgan fingerprint density at radius 2 is 1.69 bits per heavy atom. The normalized spacial score (nSPS) is 14.7. The molecular formula is C20H21N5O. The van der Waals surface area contributed by atoms with E-state index in [1.165, 1.54) is 0 Å². The highest BCUT2D eigenvalue weighted by atomic mass is 16.2. The van der Waals surface area contributed by atoms with Gasteiger partial charge in [-0.2, -0.15) is 0 Å². The van der Waals surface area contributed by atoms with Gasteiger partial charge in [0.1, 0.15) is 0 Å². The van der Waals surface area contributed by atoms with Gasteiger partial charge in [-0.3, -0.25) is 4.79 Å². The third-order valence-electron chi connectivity index (χ3n) is 4.76. The average Bonchev–Trinajstić information content (AvgIpc) is 3.12. The number of amides is 1. The topological polar surface area (TPSA) is 77.0 Å². The fourth-order valence-electron chi connectivity index (χ4n) is 3.31. The maximum absolute atomic E-state index is 12.7. The molecule has 1 aliphatic heterocycles. The lowest BCUT2D eigenvalue weighted by Crippen LogP contribution is -2.39. The number of carbonyl (C=O) groups is 1. The molecule has 0 aliphatic carbocycles. The summed E-state index contributed by atoms with van der Waals surface area (Å²) in [6, 6.07) is 19.4. The van der Waals surface area contributed by atoms with Crippen LogP contribution in [0.4, 0.5) is 0 Å². The molecule has 0 saturated heterocycles. The van der Waals surface area contributed by atoms with Gasteiger partial charge >= 0.3 is 0 Å². The van der Waals surface area contributed by atoms with Gasteiger partial charge < -0.3 is 15.2 Å². The van der Waals surface area contributed by atoms with Crippen molar-refractivity contribution in [3.05, 3.63) is 72.1 Å². The van der Waals surface area contributed by atoms with Crippen LogP contribution in [0.15, 0.2) is 60.7 Å². The van der Waals surface area contributed by atoms with Crippen molar-refractivity contribution in [3.63, 3.8) is 0 Å². The lowest BCUT2D eigenvalue weighted by atomic mass is 10.0. The summed E-state index contributed by atoms with van der Waals surface area (Å²) in [6.07, 6.45) is 0.295. The van der Waals surface area contributed by atoms with Gasteiger partial charge in [0, 0.05) is 31.1 Å². The van der Waals surface area contributed by atoms with Crippen molar-refractivity contribution in [3.8, 4) is 11.4 Å². The minimum Gasteiger partial charge on any atom is -0.333 e. The number of rotatable bonds is 4. The van der Waals surface area contributed by atoms with E-state index in [0.29, 0.717) is 26.1 Å². The standard InChI is InChI=1S/C20H21N5O/c21-17(15-7-3-1-4-8-15)13-19(26)24-11-12-25-18(14-24)22-23-20(25)16-9-5-2-6-10-16/h1-10,17H,11-14,21H2. The first-order valence-corrected chi connectivity index (χ1v) is 8.78. The van der Waals surface area contributed by atoms with E-state index < -0.39 is 0 Å². The highest BCUT2D eigenvalue weighted by Gasteiger charge is 2.26. The van der Waals surface area contributed by atoms with Gasteiger partial charge in [0.25, 0.3) is 0 Å². The van der Waals surface area contributed by atoms with Crippen molar-refractivity contribution in [2.45, 2.75) is 25.6 Å². The molecule has 0 saturated carbocycles. The van der Waals surface area contributed by atoms with Gasteiger partial charge in [-0.1, -0.05) is 60.7 Å².